The highest BCUT2D eigenvalue weighted by molar-refractivity contribution is 5.93. The zero-order valence-corrected chi connectivity index (χ0v) is 28.2. The number of aliphatic hydroxyl groups is 2. The maximum Gasteiger partial charge on any atom is 0.253 e. The van der Waals surface area contributed by atoms with Crippen molar-refractivity contribution in [2.75, 3.05) is 20.1 Å². The molecule has 0 bridgehead atoms. The number of carbonyl (C=O) groups excluding carboxylic acids is 1. The number of amides is 1. The lowest BCUT2D eigenvalue weighted by atomic mass is 9.90. The quantitative estimate of drug-likeness (QED) is 0.121. The molecule has 1 amide bonds. The summed E-state index contributed by atoms with van der Waals surface area (Å²) >= 11 is 0. The van der Waals surface area contributed by atoms with Crippen molar-refractivity contribution >= 4 is 5.91 Å². The minimum Gasteiger partial charge on any atom is -0.508 e. The Hall–Kier alpha value is -4.90. The number of ether oxygens (including phenoxy) is 2. The largest absolute Gasteiger partial charge is 0.508 e. The van der Waals surface area contributed by atoms with Gasteiger partial charge in [-0.25, -0.2) is 0 Å². The van der Waals surface area contributed by atoms with Crippen LogP contribution in [0.25, 0.3) is 11.1 Å². The second kappa shape index (κ2) is 16.2. The smallest absolute Gasteiger partial charge is 0.253 e. The molecule has 1 aliphatic heterocycles. The molecule has 1 fully saturated rings. The predicted molar refractivity (Wildman–Crippen MR) is 191 cm³/mol. The molecule has 4 aromatic carbocycles. The standard InChI is InChI=1S/C41H43N3O6/c1-27-38(25-44(2)24-37(47)34-8-4-10-36(46)21-34)49-41(50-39(27)31-13-11-28(26-45)12-14-31)32-17-15-30(16-18-32)33-7-3-6-29(20-33)22-43-40(48)35-9-5-19-42-23-35/h3-21,23,27,37-39,41,45-47H,22,24-26H2,1-2H3,(H,43,48)/t27-,37-,38+,39+,41+/m1/s1. The SMILES string of the molecule is C[C@@H]1[C@H](CN(C)C[C@@H](O)c2cccc(O)c2)O[C@H](c2ccc(-c3cccc(CNC(=O)c4cccnc4)c3)cc2)O[C@@H]1c1ccc(CO)cc1. The number of aromatic hydroxyl groups is 1. The van der Waals surface area contributed by atoms with E-state index in [0.29, 0.717) is 30.8 Å². The van der Waals surface area contributed by atoms with Crippen LogP contribution in [-0.2, 0) is 22.6 Å². The number of hydrogen-bond acceptors (Lipinski definition) is 8. The summed E-state index contributed by atoms with van der Waals surface area (Å²) in [6.07, 6.45) is 1.28. The van der Waals surface area contributed by atoms with Crippen molar-refractivity contribution in [2.45, 2.75) is 44.7 Å². The van der Waals surface area contributed by atoms with Gasteiger partial charge in [-0.1, -0.05) is 85.8 Å². The van der Waals surface area contributed by atoms with Gasteiger partial charge < -0.3 is 35.0 Å². The summed E-state index contributed by atoms with van der Waals surface area (Å²) in [6.45, 7) is 3.38. The summed E-state index contributed by atoms with van der Waals surface area (Å²) in [5, 5.41) is 33.3. The van der Waals surface area contributed by atoms with Crippen LogP contribution < -0.4 is 5.32 Å². The van der Waals surface area contributed by atoms with Crippen LogP contribution in [0, 0.1) is 5.92 Å². The minimum absolute atomic E-state index is 0.0211. The Balaban J connectivity index is 1.17. The Morgan fingerprint density at radius 2 is 1.64 bits per heavy atom. The zero-order valence-electron chi connectivity index (χ0n) is 28.2. The van der Waals surface area contributed by atoms with E-state index in [1.165, 1.54) is 0 Å². The van der Waals surface area contributed by atoms with Gasteiger partial charge in [0.2, 0.25) is 0 Å². The summed E-state index contributed by atoms with van der Waals surface area (Å²) in [6, 6.07) is 34.2. The fourth-order valence-electron chi connectivity index (χ4n) is 6.32. The van der Waals surface area contributed by atoms with Gasteiger partial charge in [0.15, 0.2) is 6.29 Å². The Kier molecular flexibility index (Phi) is 11.3. The van der Waals surface area contributed by atoms with E-state index in [9.17, 15) is 20.1 Å². The lowest BCUT2D eigenvalue weighted by Crippen LogP contribution is -2.44. The molecule has 0 spiro atoms. The Bertz CT molecular complexity index is 1850. The molecule has 1 aliphatic rings. The molecule has 2 heterocycles. The molecule has 50 heavy (non-hydrogen) atoms. The third-order valence-corrected chi connectivity index (χ3v) is 9.17. The second-order valence-electron chi connectivity index (χ2n) is 12.9. The van der Waals surface area contributed by atoms with Crippen LogP contribution in [0.5, 0.6) is 5.75 Å². The number of likely N-dealkylation sites (N-methyl/N-ethyl adjacent to an activating group) is 1. The third-order valence-electron chi connectivity index (χ3n) is 9.17. The molecular formula is C41H43N3O6. The van der Waals surface area contributed by atoms with Crippen molar-refractivity contribution in [3.8, 4) is 16.9 Å². The van der Waals surface area contributed by atoms with Crippen molar-refractivity contribution in [1.29, 1.82) is 0 Å². The number of hydrogen-bond donors (Lipinski definition) is 4. The number of aliphatic hydroxyl groups excluding tert-OH is 2. The number of carbonyl (C=O) groups is 1. The van der Waals surface area contributed by atoms with E-state index in [0.717, 1.165) is 33.4 Å². The molecule has 5 atom stereocenters. The molecule has 9 heteroatoms. The number of rotatable bonds is 12. The topological polar surface area (TPSA) is 124 Å². The van der Waals surface area contributed by atoms with E-state index in [2.05, 4.69) is 23.3 Å². The van der Waals surface area contributed by atoms with E-state index in [1.807, 2.05) is 78.7 Å². The van der Waals surface area contributed by atoms with Crippen molar-refractivity contribution in [3.05, 3.63) is 155 Å². The monoisotopic (exact) mass is 673 g/mol. The van der Waals surface area contributed by atoms with Crippen LogP contribution in [-0.4, -0.2) is 57.4 Å². The summed E-state index contributed by atoms with van der Waals surface area (Å²) < 4.78 is 13.3. The molecule has 6 rings (SSSR count). The summed E-state index contributed by atoms with van der Waals surface area (Å²) in [4.78, 5) is 18.6. The van der Waals surface area contributed by atoms with Gasteiger partial charge in [-0.2, -0.15) is 0 Å². The van der Waals surface area contributed by atoms with Gasteiger partial charge in [-0.05, 0) is 70.8 Å². The number of phenols is 1. The number of nitrogens with one attached hydrogen (secondary N) is 1. The average molecular weight is 674 g/mol. The van der Waals surface area contributed by atoms with Crippen molar-refractivity contribution in [1.82, 2.24) is 15.2 Å². The van der Waals surface area contributed by atoms with E-state index in [1.54, 1.807) is 48.8 Å². The van der Waals surface area contributed by atoms with Crippen LogP contribution in [0.3, 0.4) is 0 Å². The van der Waals surface area contributed by atoms with Gasteiger partial charge in [-0.15, -0.1) is 0 Å². The lowest BCUT2D eigenvalue weighted by molar-refractivity contribution is -0.276. The zero-order chi connectivity index (χ0) is 35.0. The average Bonchev–Trinajstić information content (AvgIpc) is 3.15. The van der Waals surface area contributed by atoms with Gasteiger partial charge in [0, 0.05) is 43.5 Å². The number of nitrogens with zero attached hydrogens (tertiary/aromatic N) is 2. The van der Waals surface area contributed by atoms with Gasteiger partial charge in [0.25, 0.3) is 5.91 Å². The van der Waals surface area contributed by atoms with Gasteiger partial charge >= 0.3 is 0 Å². The molecule has 4 N–H and O–H groups in total. The molecule has 1 aromatic heterocycles. The summed E-state index contributed by atoms with van der Waals surface area (Å²) in [5.41, 5.74) is 6.90. The van der Waals surface area contributed by atoms with Crippen molar-refractivity contribution in [2.24, 2.45) is 5.92 Å². The number of aromatic nitrogens is 1. The normalized spacial score (nSPS) is 19.6. The van der Waals surface area contributed by atoms with Gasteiger partial charge in [0.05, 0.1) is 30.5 Å². The first-order valence-corrected chi connectivity index (χ1v) is 16.8. The molecule has 1 saturated heterocycles. The minimum atomic E-state index is -0.775. The molecule has 0 radical (unpaired) electrons. The Morgan fingerprint density at radius 3 is 2.36 bits per heavy atom. The predicted octanol–water partition coefficient (Wildman–Crippen LogP) is 6.33. The molecule has 9 nitrogen and oxygen atoms in total. The van der Waals surface area contributed by atoms with Crippen LogP contribution in [0.4, 0.5) is 0 Å². The van der Waals surface area contributed by atoms with Crippen molar-refractivity contribution in [3.63, 3.8) is 0 Å². The highest BCUT2D eigenvalue weighted by atomic mass is 16.7. The lowest BCUT2D eigenvalue weighted by Gasteiger charge is -2.42. The number of benzene rings is 4. The Labute approximate surface area is 292 Å². The molecule has 0 saturated carbocycles. The van der Waals surface area contributed by atoms with Crippen LogP contribution in [0.2, 0.25) is 0 Å². The second-order valence-corrected chi connectivity index (χ2v) is 12.9. The highest BCUT2D eigenvalue weighted by Gasteiger charge is 2.39. The number of phenolic OH excluding ortho intramolecular Hbond substituents is 1. The van der Waals surface area contributed by atoms with E-state index < -0.39 is 12.4 Å². The summed E-state index contributed by atoms with van der Waals surface area (Å²) in [7, 11) is 1.95. The molecular weight excluding hydrogens is 630 g/mol. The van der Waals surface area contributed by atoms with E-state index in [4.69, 9.17) is 9.47 Å². The maximum absolute atomic E-state index is 12.5. The van der Waals surface area contributed by atoms with Crippen LogP contribution >= 0.6 is 0 Å². The molecule has 258 valence electrons. The summed E-state index contributed by atoms with van der Waals surface area (Å²) in [5.74, 6) is -0.0748. The molecule has 5 aromatic rings. The first-order chi connectivity index (χ1) is 24.3. The fraction of sp³-hybridized carbons (Fsp3) is 0.268. The van der Waals surface area contributed by atoms with Gasteiger partial charge in [0.1, 0.15) is 5.75 Å². The van der Waals surface area contributed by atoms with Crippen LogP contribution in [0.15, 0.2) is 122 Å². The van der Waals surface area contributed by atoms with E-state index in [-0.39, 0.29) is 36.4 Å². The Morgan fingerprint density at radius 1 is 0.880 bits per heavy atom. The first kappa shape index (κ1) is 34.9. The van der Waals surface area contributed by atoms with Crippen LogP contribution in [0.1, 0.15) is 63.6 Å². The number of pyridine rings is 1. The fourth-order valence-corrected chi connectivity index (χ4v) is 6.32. The molecule has 0 unspecified atom stereocenters. The van der Waals surface area contributed by atoms with Gasteiger partial charge in [-0.3, -0.25) is 9.78 Å². The van der Waals surface area contributed by atoms with Crippen molar-refractivity contribution < 1.29 is 29.6 Å². The first-order valence-electron chi connectivity index (χ1n) is 16.8. The third kappa shape index (κ3) is 8.63. The van der Waals surface area contributed by atoms with E-state index >= 15 is 0 Å². The maximum atomic E-state index is 12.5. The highest BCUT2D eigenvalue weighted by Crippen LogP contribution is 2.42. The molecule has 0 aliphatic carbocycles.